The Morgan fingerprint density at radius 2 is 0.654 bits per heavy atom. The molecule has 0 bridgehead atoms. The molecule has 0 spiro atoms. The second-order valence-electron chi connectivity index (χ2n) is 8.38. The van der Waals surface area contributed by atoms with E-state index in [-0.39, 0.29) is 15.8 Å². The van der Waals surface area contributed by atoms with Crippen LogP contribution in [-0.2, 0) is 0 Å². The second kappa shape index (κ2) is 19.2. The lowest BCUT2D eigenvalue weighted by atomic mass is 10.3. The number of unbranched alkanes of at least 4 members (excludes halogenated alkanes) is 8. The molecule has 0 heterocycles. The van der Waals surface area contributed by atoms with Crippen LogP contribution in [0.5, 0.6) is 0 Å². The maximum atomic E-state index is 2.66. The smallest absolute Gasteiger partial charge is 0.0173 e. The van der Waals surface area contributed by atoms with Crippen molar-refractivity contribution in [3.05, 3.63) is 0 Å². The zero-order valence-corrected chi connectivity index (χ0v) is 21.2. The third-order valence-corrected chi connectivity index (χ3v) is 13.0. The first-order chi connectivity index (χ1) is 12.6. The molecule has 0 aliphatic carbocycles. The summed E-state index contributed by atoms with van der Waals surface area (Å²) in [5, 5.41) is 0. The molecule has 26 heavy (non-hydrogen) atoms. The zero-order chi connectivity index (χ0) is 19.6. The standard InChI is InChI=1S/C24H52P2/c1-7-11-15-19-25(20-16-12-8-2)23(5)24(6)26(21-17-13-9-3)22-18-14-10-4/h23-24H,7-22H2,1-6H3. The summed E-state index contributed by atoms with van der Waals surface area (Å²) < 4.78 is 0. The Labute approximate surface area is 170 Å². The van der Waals surface area contributed by atoms with Gasteiger partial charge in [-0.05, 0) is 61.6 Å². The van der Waals surface area contributed by atoms with Crippen molar-refractivity contribution in [1.82, 2.24) is 0 Å². The first-order valence-electron chi connectivity index (χ1n) is 12.1. The summed E-state index contributed by atoms with van der Waals surface area (Å²) in [4.78, 5) is 0. The summed E-state index contributed by atoms with van der Waals surface area (Å²) in [6.45, 7) is 14.7. The summed E-state index contributed by atoms with van der Waals surface area (Å²) in [6, 6.07) is 0. The lowest BCUT2D eigenvalue weighted by Gasteiger charge is -2.35. The van der Waals surface area contributed by atoms with Crippen LogP contribution >= 0.6 is 15.8 Å². The molecule has 0 aliphatic rings. The minimum atomic E-state index is 0.262. The van der Waals surface area contributed by atoms with Crippen molar-refractivity contribution in [1.29, 1.82) is 0 Å². The van der Waals surface area contributed by atoms with Gasteiger partial charge >= 0.3 is 0 Å². The molecule has 0 saturated carbocycles. The van der Waals surface area contributed by atoms with E-state index in [2.05, 4.69) is 41.5 Å². The Balaban J connectivity index is 4.77. The zero-order valence-electron chi connectivity index (χ0n) is 19.4. The highest BCUT2D eigenvalue weighted by Crippen LogP contribution is 2.54. The van der Waals surface area contributed by atoms with E-state index in [0.717, 1.165) is 11.3 Å². The van der Waals surface area contributed by atoms with E-state index in [1.807, 2.05) is 0 Å². The van der Waals surface area contributed by atoms with Gasteiger partial charge in [-0.2, -0.15) is 0 Å². The molecule has 0 amide bonds. The van der Waals surface area contributed by atoms with Gasteiger partial charge in [0, 0.05) is 0 Å². The van der Waals surface area contributed by atoms with Crippen LogP contribution < -0.4 is 0 Å². The molecular weight excluding hydrogens is 350 g/mol. The summed E-state index contributed by atoms with van der Waals surface area (Å²) >= 11 is 0. The summed E-state index contributed by atoms with van der Waals surface area (Å²) in [6.07, 6.45) is 23.6. The molecule has 0 aliphatic heterocycles. The van der Waals surface area contributed by atoms with Crippen LogP contribution in [-0.4, -0.2) is 36.0 Å². The van der Waals surface area contributed by atoms with Gasteiger partial charge in [0.25, 0.3) is 0 Å². The molecule has 0 aromatic heterocycles. The van der Waals surface area contributed by atoms with Gasteiger partial charge < -0.3 is 0 Å². The van der Waals surface area contributed by atoms with Crippen LogP contribution in [0.3, 0.4) is 0 Å². The average molecular weight is 403 g/mol. The van der Waals surface area contributed by atoms with E-state index in [4.69, 9.17) is 0 Å². The van der Waals surface area contributed by atoms with Gasteiger partial charge in [0.2, 0.25) is 0 Å². The van der Waals surface area contributed by atoms with Crippen LogP contribution in [0.4, 0.5) is 0 Å². The van der Waals surface area contributed by atoms with Crippen molar-refractivity contribution < 1.29 is 0 Å². The van der Waals surface area contributed by atoms with E-state index >= 15 is 0 Å². The Kier molecular flexibility index (Phi) is 19.8. The van der Waals surface area contributed by atoms with Crippen molar-refractivity contribution in [2.45, 2.75) is 130 Å². The fourth-order valence-corrected chi connectivity index (χ4v) is 10.9. The summed E-state index contributed by atoms with van der Waals surface area (Å²) in [7, 11) is 0.524. The Hall–Kier alpha value is 0.860. The molecule has 2 unspecified atom stereocenters. The molecular formula is C24H52P2. The molecule has 0 rings (SSSR count). The topological polar surface area (TPSA) is 0 Å². The monoisotopic (exact) mass is 402 g/mol. The van der Waals surface area contributed by atoms with Crippen LogP contribution in [0.15, 0.2) is 0 Å². The third kappa shape index (κ3) is 13.1. The number of rotatable bonds is 19. The predicted octanol–water partition coefficient (Wildman–Crippen LogP) is 9.49. The molecule has 158 valence electrons. The summed E-state index contributed by atoms with van der Waals surface area (Å²) in [5.41, 5.74) is 2.01. The van der Waals surface area contributed by atoms with Crippen molar-refractivity contribution in [2.24, 2.45) is 0 Å². The fraction of sp³-hybridized carbons (Fsp3) is 1.00. The summed E-state index contributed by atoms with van der Waals surface area (Å²) in [5.74, 6) is 0. The molecule has 0 aromatic carbocycles. The second-order valence-corrected chi connectivity index (χ2v) is 14.2. The van der Waals surface area contributed by atoms with Gasteiger partial charge in [0.05, 0.1) is 0 Å². The maximum absolute atomic E-state index is 2.66. The lowest BCUT2D eigenvalue weighted by Crippen LogP contribution is -2.21. The van der Waals surface area contributed by atoms with Crippen LogP contribution in [0.2, 0.25) is 0 Å². The van der Waals surface area contributed by atoms with E-state index in [9.17, 15) is 0 Å². The third-order valence-electron chi connectivity index (χ3n) is 6.05. The van der Waals surface area contributed by atoms with Crippen LogP contribution in [0.1, 0.15) is 119 Å². The highest BCUT2D eigenvalue weighted by atomic mass is 31.1. The SMILES string of the molecule is CCCCCP(CCCCC)C(C)C(C)P(CCCCC)CCCCC. The van der Waals surface area contributed by atoms with E-state index in [0.29, 0.717) is 0 Å². The van der Waals surface area contributed by atoms with E-state index in [1.165, 1.54) is 77.0 Å². The van der Waals surface area contributed by atoms with Gasteiger partial charge in [-0.25, -0.2) is 0 Å². The largest absolute Gasteiger partial charge is 0.103 e. The number of hydrogen-bond acceptors (Lipinski definition) is 0. The Morgan fingerprint density at radius 1 is 0.423 bits per heavy atom. The first-order valence-corrected chi connectivity index (χ1v) is 15.7. The molecule has 0 radical (unpaired) electrons. The minimum absolute atomic E-state index is 0.262. The molecule has 0 aromatic rings. The van der Waals surface area contributed by atoms with Crippen molar-refractivity contribution >= 4 is 15.8 Å². The fourth-order valence-electron chi connectivity index (χ4n) is 3.91. The van der Waals surface area contributed by atoms with Gasteiger partial charge in [-0.15, -0.1) is 15.8 Å². The van der Waals surface area contributed by atoms with Gasteiger partial charge in [-0.3, -0.25) is 0 Å². The lowest BCUT2D eigenvalue weighted by molar-refractivity contribution is 0.744. The minimum Gasteiger partial charge on any atom is -0.103 e. The predicted molar refractivity (Wildman–Crippen MR) is 130 cm³/mol. The quantitative estimate of drug-likeness (QED) is 0.149. The van der Waals surface area contributed by atoms with Crippen LogP contribution in [0, 0.1) is 0 Å². The van der Waals surface area contributed by atoms with Crippen molar-refractivity contribution in [3.63, 3.8) is 0 Å². The molecule has 2 atom stereocenters. The first kappa shape index (κ1) is 26.9. The number of hydrogen-bond donors (Lipinski definition) is 0. The molecule has 0 saturated heterocycles. The molecule has 2 heteroatoms. The Morgan fingerprint density at radius 3 is 0.846 bits per heavy atom. The average Bonchev–Trinajstić information content (AvgIpc) is 2.65. The van der Waals surface area contributed by atoms with Gasteiger partial charge in [0.15, 0.2) is 0 Å². The van der Waals surface area contributed by atoms with E-state index < -0.39 is 0 Å². The van der Waals surface area contributed by atoms with Gasteiger partial charge in [0.1, 0.15) is 0 Å². The van der Waals surface area contributed by atoms with E-state index in [1.54, 1.807) is 24.6 Å². The maximum Gasteiger partial charge on any atom is -0.0173 e. The van der Waals surface area contributed by atoms with Crippen molar-refractivity contribution in [3.8, 4) is 0 Å². The van der Waals surface area contributed by atoms with Crippen LogP contribution in [0.25, 0.3) is 0 Å². The molecule has 0 N–H and O–H groups in total. The Bertz CT molecular complexity index is 231. The normalized spacial score (nSPS) is 14.3. The molecule has 0 nitrogen and oxygen atoms in total. The van der Waals surface area contributed by atoms with Crippen molar-refractivity contribution in [2.75, 3.05) is 24.6 Å². The highest BCUT2D eigenvalue weighted by Gasteiger charge is 2.27. The molecule has 0 fully saturated rings. The van der Waals surface area contributed by atoms with Gasteiger partial charge in [-0.1, -0.05) is 92.9 Å². The highest BCUT2D eigenvalue weighted by molar-refractivity contribution is 7.62.